The average Bonchev–Trinajstić information content (AvgIpc) is 3.33. The van der Waals surface area contributed by atoms with Gasteiger partial charge in [0.25, 0.3) is 5.91 Å². The molecule has 0 N–H and O–H groups in total. The van der Waals surface area contributed by atoms with Crippen LogP contribution in [-0.2, 0) is 14.3 Å². The van der Waals surface area contributed by atoms with E-state index >= 15 is 0 Å². The molecule has 0 bridgehead atoms. The summed E-state index contributed by atoms with van der Waals surface area (Å²) in [6.07, 6.45) is 6.25. The molecule has 2 atom stereocenters. The lowest BCUT2D eigenvalue weighted by Crippen LogP contribution is -2.37. The van der Waals surface area contributed by atoms with Crippen LogP contribution in [0.15, 0.2) is 24.3 Å². The fourth-order valence-corrected chi connectivity index (χ4v) is 3.39. The van der Waals surface area contributed by atoms with Crippen LogP contribution < -0.4 is 0 Å². The summed E-state index contributed by atoms with van der Waals surface area (Å²) in [7, 11) is 0. The van der Waals surface area contributed by atoms with Crippen molar-refractivity contribution >= 4 is 11.9 Å². The molecule has 1 saturated carbocycles. The number of esters is 1. The van der Waals surface area contributed by atoms with E-state index in [-0.39, 0.29) is 36.1 Å². The van der Waals surface area contributed by atoms with E-state index in [9.17, 15) is 14.0 Å². The third-order valence-electron chi connectivity index (χ3n) is 4.92. The number of carbonyl (C=O) groups is 2. The fraction of sp³-hybridized carbons (Fsp3) is 0.579. The Labute approximate surface area is 142 Å². The van der Waals surface area contributed by atoms with Gasteiger partial charge in [-0.25, -0.2) is 4.39 Å². The number of amides is 1. The van der Waals surface area contributed by atoms with E-state index in [1.54, 1.807) is 6.07 Å². The molecule has 4 nitrogen and oxygen atoms in total. The highest BCUT2D eigenvalue weighted by Crippen LogP contribution is 2.48. The number of likely N-dealkylation sites (tertiary alicyclic amines) is 1. The molecule has 0 spiro atoms. The van der Waals surface area contributed by atoms with Crippen molar-refractivity contribution in [1.82, 2.24) is 4.90 Å². The van der Waals surface area contributed by atoms with E-state index in [2.05, 4.69) is 0 Å². The van der Waals surface area contributed by atoms with E-state index in [0.717, 1.165) is 44.3 Å². The molecule has 3 rings (SSSR count). The molecule has 1 aromatic carbocycles. The topological polar surface area (TPSA) is 46.6 Å². The van der Waals surface area contributed by atoms with Crippen molar-refractivity contribution in [2.24, 2.45) is 5.92 Å². The predicted octanol–water partition coefficient (Wildman–Crippen LogP) is 3.27. The zero-order chi connectivity index (χ0) is 16.9. The lowest BCUT2D eigenvalue weighted by atomic mass is 10.1. The molecule has 1 aliphatic carbocycles. The van der Waals surface area contributed by atoms with Crippen LogP contribution in [0, 0.1) is 11.7 Å². The smallest absolute Gasteiger partial charge is 0.310 e. The van der Waals surface area contributed by atoms with Crippen molar-refractivity contribution in [2.75, 3.05) is 19.7 Å². The lowest BCUT2D eigenvalue weighted by Gasteiger charge is -2.24. The number of benzene rings is 1. The van der Waals surface area contributed by atoms with E-state index in [1.807, 2.05) is 11.0 Å². The summed E-state index contributed by atoms with van der Waals surface area (Å²) in [6.45, 7) is 1.34. The van der Waals surface area contributed by atoms with Gasteiger partial charge in [0.15, 0.2) is 6.61 Å². The standard InChI is InChI=1S/C19H24FNO3/c20-15-8-6-7-14(11-15)16-12-17(16)19(23)24-13-18(22)21-9-4-2-1-3-5-10-21/h6-8,11,16-17H,1-5,9-10,12-13H2/t16-,17+/m0/s1. The maximum atomic E-state index is 13.2. The monoisotopic (exact) mass is 333 g/mol. The Kier molecular flexibility index (Phi) is 5.48. The van der Waals surface area contributed by atoms with Crippen LogP contribution in [-0.4, -0.2) is 36.5 Å². The van der Waals surface area contributed by atoms with Crippen molar-refractivity contribution in [1.29, 1.82) is 0 Å². The van der Waals surface area contributed by atoms with Gasteiger partial charge in [-0.3, -0.25) is 9.59 Å². The first-order valence-corrected chi connectivity index (χ1v) is 8.85. The molecule has 1 aromatic rings. The summed E-state index contributed by atoms with van der Waals surface area (Å²) >= 11 is 0. The molecular formula is C19H24FNO3. The quantitative estimate of drug-likeness (QED) is 0.795. The Hall–Kier alpha value is -1.91. The van der Waals surface area contributed by atoms with Crippen molar-refractivity contribution < 1.29 is 18.7 Å². The van der Waals surface area contributed by atoms with Crippen LogP contribution in [0.2, 0.25) is 0 Å². The molecule has 1 saturated heterocycles. The first kappa shape index (κ1) is 16.9. The summed E-state index contributed by atoms with van der Waals surface area (Å²) in [6, 6.07) is 6.33. The second-order valence-corrected chi connectivity index (χ2v) is 6.76. The van der Waals surface area contributed by atoms with E-state index in [0.29, 0.717) is 6.42 Å². The third-order valence-corrected chi connectivity index (χ3v) is 4.92. The summed E-state index contributed by atoms with van der Waals surface area (Å²) < 4.78 is 18.5. The van der Waals surface area contributed by atoms with Crippen molar-refractivity contribution in [2.45, 2.75) is 44.4 Å². The lowest BCUT2D eigenvalue weighted by molar-refractivity contribution is -0.153. The van der Waals surface area contributed by atoms with Gasteiger partial charge in [0.1, 0.15) is 5.82 Å². The van der Waals surface area contributed by atoms with Crippen molar-refractivity contribution in [3.05, 3.63) is 35.6 Å². The molecule has 0 unspecified atom stereocenters. The van der Waals surface area contributed by atoms with Crippen LogP contribution in [0.4, 0.5) is 4.39 Å². The van der Waals surface area contributed by atoms with Crippen molar-refractivity contribution in [3.8, 4) is 0 Å². The number of halogens is 1. The summed E-state index contributed by atoms with van der Waals surface area (Å²) in [4.78, 5) is 26.1. The number of nitrogens with zero attached hydrogens (tertiary/aromatic N) is 1. The zero-order valence-electron chi connectivity index (χ0n) is 13.9. The van der Waals surface area contributed by atoms with E-state index in [1.165, 1.54) is 18.6 Å². The molecular weight excluding hydrogens is 309 g/mol. The van der Waals surface area contributed by atoms with E-state index < -0.39 is 0 Å². The van der Waals surface area contributed by atoms with Gasteiger partial charge in [0.2, 0.25) is 0 Å². The maximum Gasteiger partial charge on any atom is 0.310 e. The molecule has 2 aliphatic rings. The molecule has 1 heterocycles. The number of rotatable bonds is 4. The highest BCUT2D eigenvalue weighted by Gasteiger charge is 2.45. The van der Waals surface area contributed by atoms with Gasteiger partial charge in [-0.2, -0.15) is 0 Å². The molecule has 2 fully saturated rings. The van der Waals surface area contributed by atoms with Gasteiger partial charge in [0.05, 0.1) is 5.92 Å². The number of carbonyl (C=O) groups excluding carboxylic acids is 2. The molecule has 0 radical (unpaired) electrons. The highest BCUT2D eigenvalue weighted by molar-refractivity contribution is 5.83. The highest BCUT2D eigenvalue weighted by atomic mass is 19.1. The van der Waals surface area contributed by atoms with Crippen LogP contribution >= 0.6 is 0 Å². The third kappa shape index (κ3) is 4.34. The second kappa shape index (κ2) is 7.77. The summed E-state index contributed by atoms with van der Waals surface area (Å²) in [5.41, 5.74) is 0.826. The zero-order valence-corrected chi connectivity index (χ0v) is 13.9. The predicted molar refractivity (Wildman–Crippen MR) is 87.9 cm³/mol. The van der Waals surface area contributed by atoms with Crippen LogP contribution in [0.1, 0.15) is 50.0 Å². The molecule has 130 valence electrons. The Morgan fingerprint density at radius 3 is 2.54 bits per heavy atom. The van der Waals surface area contributed by atoms with Crippen LogP contribution in [0.3, 0.4) is 0 Å². The Balaban J connectivity index is 1.45. The normalized spacial score (nSPS) is 24.0. The van der Waals surface area contributed by atoms with Crippen molar-refractivity contribution in [3.63, 3.8) is 0 Å². The molecule has 5 heteroatoms. The number of ether oxygens (including phenoxy) is 1. The number of hydrogen-bond donors (Lipinski definition) is 0. The van der Waals surface area contributed by atoms with Gasteiger partial charge in [-0.05, 0) is 42.9 Å². The van der Waals surface area contributed by atoms with E-state index in [4.69, 9.17) is 4.74 Å². The molecule has 24 heavy (non-hydrogen) atoms. The summed E-state index contributed by atoms with van der Waals surface area (Å²) in [5.74, 6) is -0.964. The van der Waals surface area contributed by atoms with Gasteiger partial charge in [-0.15, -0.1) is 0 Å². The van der Waals surface area contributed by atoms with Gasteiger partial charge in [-0.1, -0.05) is 31.4 Å². The SMILES string of the molecule is O=C(OCC(=O)N1CCCCCCC1)[C@@H]1C[C@H]1c1cccc(F)c1. The minimum Gasteiger partial charge on any atom is -0.455 e. The minimum atomic E-state index is -0.343. The largest absolute Gasteiger partial charge is 0.455 e. The Morgan fingerprint density at radius 1 is 1.12 bits per heavy atom. The second-order valence-electron chi connectivity index (χ2n) is 6.76. The van der Waals surface area contributed by atoms with Gasteiger partial charge in [0, 0.05) is 13.1 Å². The molecule has 0 aromatic heterocycles. The maximum absolute atomic E-state index is 13.2. The molecule has 1 amide bonds. The minimum absolute atomic E-state index is 0.0185. The Bertz CT molecular complexity index is 596. The number of hydrogen-bond acceptors (Lipinski definition) is 3. The molecule has 1 aliphatic heterocycles. The average molecular weight is 333 g/mol. The summed E-state index contributed by atoms with van der Waals surface area (Å²) in [5, 5.41) is 0. The first-order chi connectivity index (χ1) is 11.6. The van der Waals surface area contributed by atoms with Crippen LogP contribution in [0.25, 0.3) is 0 Å². The fourth-order valence-electron chi connectivity index (χ4n) is 3.39. The van der Waals surface area contributed by atoms with Gasteiger partial charge < -0.3 is 9.64 Å². The van der Waals surface area contributed by atoms with Crippen LogP contribution in [0.5, 0.6) is 0 Å². The van der Waals surface area contributed by atoms with Gasteiger partial charge >= 0.3 is 5.97 Å². The first-order valence-electron chi connectivity index (χ1n) is 8.85. The Morgan fingerprint density at radius 2 is 1.83 bits per heavy atom.